The molecule has 0 radical (unpaired) electrons. The van der Waals surface area contributed by atoms with Crippen LogP contribution in [-0.2, 0) is 9.84 Å². The van der Waals surface area contributed by atoms with Crippen LogP contribution in [0.5, 0.6) is 5.75 Å². The molecule has 0 bridgehead atoms. The summed E-state index contributed by atoms with van der Waals surface area (Å²) >= 11 is 0. The molecule has 0 fully saturated rings. The van der Waals surface area contributed by atoms with E-state index >= 15 is 0 Å². The zero-order chi connectivity index (χ0) is 11.9. The standard InChI is InChI=1S/C10H7NO4S/c1-11-10-9(12)7-4-3-6(16(2,13)14)5-8(7)15-10/h3-5,12H,2H3. The van der Waals surface area contributed by atoms with Crippen LogP contribution in [0.3, 0.4) is 0 Å². The van der Waals surface area contributed by atoms with Gasteiger partial charge in [0.2, 0.25) is 0 Å². The van der Waals surface area contributed by atoms with Gasteiger partial charge < -0.3 is 9.52 Å². The van der Waals surface area contributed by atoms with E-state index in [1.165, 1.54) is 18.2 Å². The number of fused-ring (bicyclic) bond motifs is 1. The molecule has 5 nitrogen and oxygen atoms in total. The van der Waals surface area contributed by atoms with E-state index < -0.39 is 9.84 Å². The third-order valence-corrected chi connectivity index (χ3v) is 3.26. The van der Waals surface area contributed by atoms with Crippen molar-refractivity contribution < 1.29 is 17.9 Å². The van der Waals surface area contributed by atoms with Crippen molar-refractivity contribution in [1.29, 1.82) is 0 Å². The van der Waals surface area contributed by atoms with Crippen molar-refractivity contribution in [1.82, 2.24) is 0 Å². The lowest BCUT2D eigenvalue weighted by Gasteiger charge is -1.96. The first-order valence-electron chi connectivity index (χ1n) is 4.26. The molecule has 0 amide bonds. The van der Waals surface area contributed by atoms with E-state index in [0.29, 0.717) is 5.39 Å². The van der Waals surface area contributed by atoms with Crippen LogP contribution in [0.25, 0.3) is 15.8 Å². The highest BCUT2D eigenvalue weighted by atomic mass is 32.2. The molecule has 0 saturated heterocycles. The zero-order valence-corrected chi connectivity index (χ0v) is 9.08. The number of furan rings is 1. The van der Waals surface area contributed by atoms with Gasteiger partial charge in [-0.15, -0.1) is 0 Å². The maximum absolute atomic E-state index is 11.3. The fourth-order valence-electron chi connectivity index (χ4n) is 1.36. The molecule has 2 aromatic rings. The Labute approximate surface area is 91.7 Å². The molecule has 1 heterocycles. The summed E-state index contributed by atoms with van der Waals surface area (Å²) < 4.78 is 27.6. The molecule has 0 saturated carbocycles. The first-order valence-corrected chi connectivity index (χ1v) is 6.15. The molecular weight excluding hydrogens is 230 g/mol. The van der Waals surface area contributed by atoms with Crippen LogP contribution >= 0.6 is 0 Å². The second-order valence-electron chi connectivity index (χ2n) is 3.30. The van der Waals surface area contributed by atoms with Crippen molar-refractivity contribution in [3.63, 3.8) is 0 Å². The maximum atomic E-state index is 11.3. The largest absolute Gasteiger partial charge is 0.515 e. The molecule has 0 aliphatic rings. The van der Waals surface area contributed by atoms with Gasteiger partial charge in [-0.25, -0.2) is 8.42 Å². The molecule has 82 valence electrons. The van der Waals surface area contributed by atoms with Crippen LogP contribution in [0.4, 0.5) is 5.88 Å². The Kier molecular flexibility index (Phi) is 2.14. The average Bonchev–Trinajstić information content (AvgIpc) is 2.54. The van der Waals surface area contributed by atoms with Gasteiger partial charge in [0.15, 0.2) is 15.6 Å². The summed E-state index contributed by atoms with van der Waals surface area (Å²) in [6, 6.07) is 4.07. The molecule has 6 heteroatoms. The van der Waals surface area contributed by atoms with E-state index in [-0.39, 0.29) is 22.1 Å². The van der Waals surface area contributed by atoms with E-state index in [4.69, 9.17) is 11.0 Å². The zero-order valence-electron chi connectivity index (χ0n) is 8.26. The summed E-state index contributed by atoms with van der Waals surface area (Å²) in [5.41, 5.74) is 0.187. The number of rotatable bonds is 1. The average molecular weight is 237 g/mol. The predicted octanol–water partition coefficient (Wildman–Crippen LogP) is 2.09. The van der Waals surface area contributed by atoms with Crippen LogP contribution in [0.2, 0.25) is 0 Å². The van der Waals surface area contributed by atoms with Crippen LogP contribution in [-0.4, -0.2) is 19.8 Å². The minimum Gasteiger partial charge on any atom is -0.515 e. The molecule has 0 unspecified atom stereocenters. The van der Waals surface area contributed by atoms with Gasteiger partial charge in [0.1, 0.15) is 5.58 Å². The highest BCUT2D eigenvalue weighted by Crippen LogP contribution is 2.38. The summed E-state index contributed by atoms with van der Waals surface area (Å²) in [5.74, 6) is -0.495. The number of benzene rings is 1. The fraction of sp³-hybridized carbons (Fsp3) is 0.100. The quantitative estimate of drug-likeness (QED) is 0.771. The van der Waals surface area contributed by atoms with Gasteiger partial charge in [-0.1, -0.05) is 0 Å². The van der Waals surface area contributed by atoms with Crippen molar-refractivity contribution >= 4 is 26.7 Å². The number of nitrogens with zero attached hydrogens (tertiary/aromatic N) is 1. The van der Waals surface area contributed by atoms with Gasteiger partial charge >= 0.3 is 5.88 Å². The molecule has 1 aromatic heterocycles. The molecule has 0 spiro atoms. The maximum Gasteiger partial charge on any atom is 0.388 e. The smallest absolute Gasteiger partial charge is 0.388 e. The lowest BCUT2D eigenvalue weighted by Crippen LogP contribution is -1.95. The normalized spacial score (nSPS) is 11.5. The number of aromatic hydroxyl groups is 1. The van der Waals surface area contributed by atoms with E-state index in [2.05, 4.69) is 4.85 Å². The van der Waals surface area contributed by atoms with E-state index in [0.717, 1.165) is 6.26 Å². The van der Waals surface area contributed by atoms with Crippen molar-refractivity contribution in [3.8, 4) is 5.75 Å². The topological polar surface area (TPSA) is 71.9 Å². The summed E-state index contributed by atoms with van der Waals surface area (Å²) in [6.07, 6.45) is 1.08. The van der Waals surface area contributed by atoms with Gasteiger partial charge in [-0.2, -0.15) is 4.85 Å². The molecule has 1 aromatic carbocycles. The van der Waals surface area contributed by atoms with Crippen molar-refractivity contribution in [2.24, 2.45) is 0 Å². The minimum absolute atomic E-state index is 0.0882. The summed E-state index contributed by atoms with van der Waals surface area (Å²) in [7, 11) is -3.32. The Bertz CT molecular complexity index is 706. The molecule has 2 rings (SSSR count). The highest BCUT2D eigenvalue weighted by molar-refractivity contribution is 7.90. The molecule has 16 heavy (non-hydrogen) atoms. The van der Waals surface area contributed by atoms with Gasteiger partial charge in [-0.3, -0.25) is 0 Å². The first-order chi connectivity index (χ1) is 7.43. The summed E-state index contributed by atoms with van der Waals surface area (Å²) in [5, 5.41) is 9.86. The van der Waals surface area contributed by atoms with Crippen LogP contribution in [0.1, 0.15) is 0 Å². The Morgan fingerprint density at radius 2 is 2.12 bits per heavy atom. The Morgan fingerprint density at radius 3 is 2.69 bits per heavy atom. The van der Waals surface area contributed by atoms with Gasteiger partial charge in [0.05, 0.1) is 16.9 Å². The molecule has 0 aliphatic carbocycles. The van der Waals surface area contributed by atoms with E-state index in [9.17, 15) is 13.5 Å². The van der Waals surface area contributed by atoms with E-state index in [1.54, 1.807) is 0 Å². The first kappa shape index (κ1) is 10.5. The fourth-order valence-corrected chi connectivity index (χ4v) is 1.99. The Hall–Kier alpha value is -2.00. The summed E-state index contributed by atoms with van der Waals surface area (Å²) in [4.78, 5) is 3.07. The molecule has 0 aliphatic heterocycles. The van der Waals surface area contributed by atoms with Crippen LogP contribution in [0, 0.1) is 6.57 Å². The Balaban J connectivity index is 2.79. The van der Waals surface area contributed by atoms with Crippen molar-refractivity contribution in [2.75, 3.05) is 6.26 Å². The molecule has 0 atom stereocenters. The van der Waals surface area contributed by atoms with Crippen molar-refractivity contribution in [2.45, 2.75) is 4.90 Å². The minimum atomic E-state index is -3.32. The lowest BCUT2D eigenvalue weighted by atomic mass is 10.2. The Morgan fingerprint density at radius 1 is 1.44 bits per heavy atom. The highest BCUT2D eigenvalue weighted by Gasteiger charge is 2.15. The molecular formula is C10H7NO4S. The predicted molar refractivity (Wildman–Crippen MR) is 57.3 cm³/mol. The third-order valence-electron chi connectivity index (χ3n) is 2.15. The van der Waals surface area contributed by atoms with Crippen LogP contribution < -0.4 is 0 Å². The lowest BCUT2D eigenvalue weighted by molar-refractivity contribution is 0.473. The monoisotopic (exact) mass is 237 g/mol. The number of sulfone groups is 1. The van der Waals surface area contributed by atoms with E-state index in [1.807, 2.05) is 0 Å². The van der Waals surface area contributed by atoms with Gasteiger partial charge in [-0.05, 0) is 18.2 Å². The number of hydrogen-bond acceptors (Lipinski definition) is 4. The van der Waals surface area contributed by atoms with Gasteiger partial charge in [0, 0.05) is 6.26 Å². The van der Waals surface area contributed by atoms with Crippen molar-refractivity contribution in [3.05, 3.63) is 29.6 Å². The number of hydrogen-bond donors (Lipinski definition) is 1. The third kappa shape index (κ3) is 1.51. The summed E-state index contributed by atoms with van der Waals surface area (Å²) in [6.45, 7) is 6.75. The van der Waals surface area contributed by atoms with Crippen LogP contribution in [0.15, 0.2) is 27.5 Å². The van der Waals surface area contributed by atoms with Gasteiger partial charge in [0.25, 0.3) is 0 Å². The second-order valence-corrected chi connectivity index (χ2v) is 5.31. The second kappa shape index (κ2) is 3.25. The SMILES string of the molecule is [C-]#[N+]c1oc2cc(S(C)(=O)=O)ccc2c1O. The molecule has 1 N–H and O–H groups in total.